The number of halogens is 2. The van der Waals surface area contributed by atoms with Gasteiger partial charge in [-0.1, -0.05) is 5.21 Å². The largest absolute Gasteiger partial charge is 0.390 e. The molecule has 2 aliphatic rings. The Morgan fingerprint density at radius 2 is 1.86 bits per heavy atom. The van der Waals surface area contributed by atoms with Gasteiger partial charge in [-0.3, -0.25) is 0 Å². The van der Waals surface area contributed by atoms with Gasteiger partial charge in [-0.25, -0.2) is 23.0 Å². The molecule has 0 spiro atoms. The average molecular weight is 484 g/mol. The van der Waals surface area contributed by atoms with Crippen molar-refractivity contribution in [2.45, 2.75) is 76.1 Å². The zero-order chi connectivity index (χ0) is 24.2. The van der Waals surface area contributed by atoms with Gasteiger partial charge >= 0.3 is 0 Å². The predicted molar refractivity (Wildman–Crippen MR) is 126 cm³/mol. The molecule has 0 bridgehead atoms. The van der Waals surface area contributed by atoms with Crippen LogP contribution in [0.5, 0.6) is 0 Å². The lowest BCUT2D eigenvalue weighted by molar-refractivity contribution is 0.0195. The van der Waals surface area contributed by atoms with Crippen molar-refractivity contribution in [1.82, 2.24) is 34.6 Å². The van der Waals surface area contributed by atoms with Crippen molar-refractivity contribution in [2.75, 3.05) is 10.6 Å². The highest BCUT2D eigenvalue weighted by molar-refractivity contribution is 5.89. The van der Waals surface area contributed by atoms with Gasteiger partial charge in [-0.05, 0) is 63.6 Å². The third kappa shape index (κ3) is 4.49. The molecule has 0 radical (unpaired) electrons. The van der Waals surface area contributed by atoms with Gasteiger partial charge in [-0.15, -0.1) is 10.2 Å². The van der Waals surface area contributed by atoms with Crippen LogP contribution in [-0.2, 0) is 6.54 Å². The summed E-state index contributed by atoms with van der Waals surface area (Å²) in [6.45, 7) is 1.32. The van der Waals surface area contributed by atoms with Crippen molar-refractivity contribution in [3.63, 3.8) is 0 Å². The summed E-state index contributed by atoms with van der Waals surface area (Å²) >= 11 is 0. The van der Waals surface area contributed by atoms with Crippen molar-refractivity contribution in [3.8, 4) is 11.3 Å². The third-order valence-electron chi connectivity index (χ3n) is 6.77. The minimum Gasteiger partial charge on any atom is -0.390 e. The number of rotatable bonds is 7. The minimum absolute atomic E-state index is 0.197. The molecule has 2 saturated carbocycles. The molecule has 0 aliphatic heterocycles. The molecule has 4 aromatic rings. The average Bonchev–Trinajstić information content (AvgIpc) is 3.39. The van der Waals surface area contributed by atoms with Crippen molar-refractivity contribution >= 4 is 28.4 Å². The number of aliphatic hydroxyl groups is 1. The number of nitrogens with zero attached hydrogens (tertiary/aromatic N) is 7. The van der Waals surface area contributed by atoms with E-state index in [0.29, 0.717) is 34.7 Å². The number of fused-ring (bicyclic) bond motifs is 2. The first-order chi connectivity index (χ1) is 16.8. The first-order valence-electron chi connectivity index (χ1n) is 12.0. The van der Waals surface area contributed by atoms with E-state index >= 15 is 0 Å². The quantitative estimate of drug-likeness (QED) is 0.366. The number of alkyl halides is 2. The first-order valence-corrected chi connectivity index (χ1v) is 12.0. The molecule has 184 valence electrons. The van der Waals surface area contributed by atoms with Gasteiger partial charge in [-0.2, -0.15) is 4.98 Å². The fraction of sp³-hybridized carbons (Fsp3) is 0.522. The Hall–Kier alpha value is -3.41. The molecule has 2 fully saturated rings. The second-order valence-electron chi connectivity index (χ2n) is 9.84. The van der Waals surface area contributed by atoms with Crippen molar-refractivity contribution < 1.29 is 13.9 Å². The topological polar surface area (TPSA) is 118 Å². The molecule has 35 heavy (non-hydrogen) atoms. The molecule has 10 nitrogen and oxygen atoms in total. The number of anilines is 2. The highest BCUT2D eigenvalue weighted by Crippen LogP contribution is 2.34. The maximum atomic E-state index is 13.0. The Kier molecular flexibility index (Phi) is 5.28. The van der Waals surface area contributed by atoms with Crippen LogP contribution in [0.15, 0.2) is 24.4 Å². The van der Waals surface area contributed by atoms with E-state index in [-0.39, 0.29) is 6.04 Å². The van der Waals surface area contributed by atoms with Gasteiger partial charge in [0.25, 0.3) is 6.43 Å². The Bertz CT molecular complexity index is 1370. The molecule has 4 heterocycles. The molecule has 0 amide bonds. The fourth-order valence-electron chi connectivity index (χ4n) is 4.64. The van der Waals surface area contributed by atoms with Gasteiger partial charge < -0.3 is 15.7 Å². The summed E-state index contributed by atoms with van der Waals surface area (Å²) in [6, 6.07) is 6.00. The number of hydrogen-bond acceptors (Lipinski definition) is 8. The van der Waals surface area contributed by atoms with Crippen LogP contribution in [0.1, 0.15) is 45.4 Å². The standard InChI is InChI=1S/C23H27F2N9O/c1-23(35)9-6-14(7-10-23)27-22-29-20(26-13-2-3-13)19-15(8-11-33(19)31-22)16-4-5-17-21(28-16)34(32-30-17)12-18(24)25/h4-5,8,11,13-14,18,35H,2-3,6-7,9-10,12H2,1H3,(H2,26,27,29,31). The predicted octanol–water partition coefficient (Wildman–Crippen LogP) is 3.48. The van der Waals surface area contributed by atoms with E-state index in [1.54, 1.807) is 16.6 Å². The Balaban J connectivity index is 1.37. The Morgan fingerprint density at radius 3 is 2.60 bits per heavy atom. The summed E-state index contributed by atoms with van der Waals surface area (Å²) in [5.74, 6) is 1.23. The Labute approximate surface area is 199 Å². The smallest absolute Gasteiger partial charge is 0.258 e. The fourth-order valence-corrected chi connectivity index (χ4v) is 4.64. The molecular formula is C23H27F2N9O. The van der Waals surface area contributed by atoms with Crippen LogP contribution < -0.4 is 10.6 Å². The maximum Gasteiger partial charge on any atom is 0.258 e. The van der Waals surface area contributed by atoms with E-state index in [1.165, 1.54) is 0 Å². The molecule has 12 heteroatoms. The maximum absolute atomic E-state index is 13.0. The molecular weight excluding hydrogens is 456 g/mol. The lowest BCUT2D eigenvalue weighted by atomic mass is 9.84. The van der Waals surface area contributed by atoms with Crippen LogP contribution in [-0.4, -0.2) is 63.8 Å². The van der Waals surface area contributed by atoms with Gasteiger partial charge in [0.05, 0.1) is 11.3 Å². The molecule has 0 atom stereocenters. The van der Waals surface area contributed by atoms with Gasteiger partial charge in [0, 0.05) is 23.8 Å². The number of pyridine rings is 1. The molecule has 0 aromatic carbocycles. The summed E-state index contributed by atoms with van der Waals surface area (Å²) in [7, 11) is 0. The van der Waals surface area contributed by atoms with E-state index in [4.69, 9.17) is 4.98 Å². The van der Waals surface area contributed by atoms with E-state index in [1.807, 2.05) is 19.2 Å². The minimum atomic E-state index is -2.55. The van der Waals surface area contributed by atoms with E-state index < -0.39 is 18.6 Å². The first kappa shape index (κ1) is 22.1. The lowest BCUT2D eigenvalue weighted by Gasteiger charge is -2.33. The molecule has 6 rings (SSSR count). The second-order valence-corrected chi connectivity index (χ2v) is 9.84. The summed E-state index contributed by atoms with van der Waals surface area (Å²) in [6.07, 6.45) is 4.62. The monoisotopic (exact) mass is 483 g/mol. The van der Waals surface area contributed by atoms with Crippen LogP contribution in [0.25, 0.3) is 27.9 Å². The highest BCUT2D eigenvalue weighted by atomic mass is 19.3. The van der Waals surface area contributed by atoms with E-state index in [2.05, 4.69) is 31.0 Å². The molecule has 0 unspecified atom stereocenters. The number of hydrogen-bond donors (Lipinski definition) is 3. The van der Waals surface area contributed by atoms with E-state index in [0.717, 1.165) is 54.3 Å². The number of aromatic nitrogens is 7. The van der Waals surface area contributed by atoms with E-state index in [9.17, 15) is 13.9 Å². The van der Waals surface area contributed by atoms with Crippen LogP contribution in [0.2, 0.25) is 0 Å². The molecule has 0 saturated heterocycles. The molecule has 3 N–H and O–H groups in total. The lowest BCUT2D eigenvalue weighted by Crippen LogP contribution is -2.36. The second kappa shape index (κ2) is 8.36. The molecule has 4 aromatic heterocycles. The highest BCUT2D eigenvalue weighted by Gasteiger charge is 2.30. The summed E-state index contributed by atoms with van der Waals surface area (Å²) in [5.41, 5.74) is 2.34. The normalized spacial score (nSPS) is 22.8. The van der Waals surface area contributed by atoms with Gasteiger partial charge in [0.15, 0.2) is 11.5 Å². The van der Waals surface area contributed by atoms with Crippen molar-refractivity contribution in [2.24, 2.45) is 0 Å². The van der Waals surface area contributed by atoms with Crippen molar-refractivity contribution in [1.29, 1.82) is 0 Å². The summed E-state index contributed by atoms with van der Waals surface area (Å²) in [5, 5.41) is 29.6. The van der Waals surface area contributed by atoms with Crippen LogP contribution in [0.4, 0.5) is 20.5 Å². The number of nitrogens with one attached hydrogen (secondary N) is 2. The molecule has 2 aliphatic carbocycles. The Morgan fingerprint density at radius 1 is 1.09 bits per heavy atom. The SMILES string of the molecule is CC1(O)CCC(Nc2nc(NC3CC3)c3c(-c4ccc5nnn(CC(F)F)c5n4)ccn3n2)CC1. The van der Waals surface area contributed by atoms with Crippen molar-refractivity contribution in [3.05, 3.63) is 24.4 Å². The zero-order valence-corrected chi connectivity index (χ0v) is 19.3. The van der Waals surface area contributed by atoms with Gasteiger partial charge in [0.1, 0.15) is 17.6 Å². The van der Waals surface area contributed by atoms with Crippen LogP contribution >= 0.6 is 0 Å². The summed E-state index contributed by atoms with van der Waals surface area (Å²) < 4.78 is 28.8. The van der Waals surface area contributed by atoms with Crippen LogP contribution in [0.3, 0.4) is 0 Å². The zero-order valence-electron chi connectivity index (χ0n) is 19.3. The third-order valence-corrected chi connectivity index (χ3v) is 6.77. The van der Waals surface area contributed by atoms with Crippen LogP contribution in [0, 0.1) is 0 Å². The summed E-state index contributed by atoms with van der Waals surface area (Å²) in [4.78, 5) is 9.42. The van der Waals surface area contributed by atoms with Gasteiger partial charge in [0.2, 0.25) is 5.95 Å².